The van der Waals surface area contributed by atoms with Gasteiger partial charge < -0.3 is 81.0 Å². The van der Waals surface area contributed by atoms with E-state index in [1.165, 1.54) is 39.0 Å². The highest BCUT2D eigenvalue weighted by Gasteiger charge is 2.49. The van der Waals surface area contributed by atoms with Crippen LogP contribution in [0.3, 0.4) is 0 Å². The van der Waals surface area contributed by atoms with E-state index in [9.17, 15) is 69.3 Å². The lowest BCUT2D eigenvalue weighted by atomic mass is 9.98. The van der Waals surface area contributed by atoms with Crippen molar-refractivity contribution in [2.75, 3.05) is 32.8 Å². The number of amides is 7. The number of carbonyl (C=O) groups excluding carboxylic acids is 7. The molecule has 13 atom stereocenters. The molecule has 0 saturated carbocycles. The van der Waals surface area contributed by atoms with Gasteiger partial charge in [-0.1, -0.05) is 41.9 Å². The fourth-order valence-corrected chi connectivity index (χ4v) is 8.08. The van der Waals surface area contributed by atoms with Crippen LogP contribution in [0.4, 0.5) is 4.79 Å². The number of aliphatic hydroxyl groups is 6. The maximum atomic E-state index is 14.6. The molecule has 0 radical (unpaired) electrons. The fourth-order valence-electron chi connectivity index (χ4n) is 7.82. The number of hydrogen-bond donors (Lipinski definition) is 13. The van der Waals surface area contributed by atoms with E-state index in [0.29, 0.717) is 0 Å². The lowest BCUT2D eigenvalue weighted by Crippen LogP contribution is -2.64. The molecule has 374 valence electrons. The number of aliphatic hydroxyl groups excluding tert-OH is 6. The summed E-state index contributed by atoms with van der Waals surface area (Å²) in [4.78, 5) is 98.4. The zero-order chi connectivity index (χ0) is 49.7. The molecule has 13 N–H and O–H groups in total. The summed E-state index contributed by atoms with van der Waals surface area (Å²) in [5.74, 6) is -8.99. The van der Waals surface area contributed by atoms with Crippen LogP contribution in [0.1, 0.15) is 45.6 Å². The van der Waals surface area contributed by atoms with Crippen LogP contribution in [0, 0.1) is 11.8 Å². The van der Waals surface area contributed by atoms with Crippen molar-refractivity contribution in [2.45, 2.75) is 113 Å². The molecule has 4 rings (SSSR count). The highest BCUT2D eigenvalue weighted by molar-refractivity contribution is 7.90. The van der Waals surface area contributed by atoms with Crippen LogP contribution in [0.2, 0.25) is 0 Å². The second kappa shape index (κ2) is 25.1. The Kier molecular flexibility index (Phi) is 20.3. The predicted octanol–water partition coefficient (Wildman–Crippen LogP) is -4.16. The topological polar surface area (TPSA) is 385 Å². The Morgan fingerprint density at radius 1 is 0.896 bits per heavy atom. The average Bonchev–Trinajstić information content (AvgIpc) is 3.82. The molecule has 1 unspecified atom stereocenters. The van der Waals surface area contributed by atoms with Crippen molar-refractivity contribution < 1.29 is 92.9 Å². The summed E-state index contributed by atoms with van der Waals surface area (Å²) in [6, 6.07) is -5.51. The fraction of sp³-hybridized carbons (Fsp3) is 0.625. The van der Waals surface area contributed by atoms with Crippen LogP contribution in [0.15, 0.2) is 30.9 Å². The number of hydrogen-bond acceptors (Lipinski definition) is 20. The normalized spacial score (nSPS) is 29.5. The lowest BCUT2D eigenvalue weighted by Gasteiger charge is -2.34. The Morgan fingerprint density at radius 2 is 1.57 bits per heavy atom. The molecule has 3 aliphatic heterocycles. The Morgan fingerprint density at radius 3 is 2.24 bits per heavy atom. The Balaban J connectivity index is 1.81. The number of ether oxygens (including phenoxy) is 1. The number of rotatable bonds is 14. The van der Waals surface area contributed by atoms with Gasteiger partial charge in [0, 0.05) is 50.9 Å². The van der Waals surface area contributed by atoms with Gasteiger partial charge in [0.1, 0.15) is 36.8 Å². The van der Waals surface area contributed by atoms with E-state index in [-0.39, 0.29) is 49.8 Å². The molecular formula is C40H59N7O19S. The molecule has 26 nitrogen and oxygen atoms in total. The second-order valence-electron chi connectivity index (χ2n) is 16.6. The number of carbonyl (C=O) groups is 7. The molecule has 67 heavy (non-hydrogen) atoms. The van der Waals surface area contributed by atoms with E-state index < -0.39 is 158 Å². The standard InChI is InChI=1S/C40H59N7O19S/c1-5-10-63-40(61)41-9-8-26(52)31-39(60)47-16-19(3)33(54)32(47)37(58)42-15-22(49)11-18(2)34(55)43-29(20(4)48)38(59)46-17-23(50)14-24(46)35(56)44-30(36(57)45-31)27(53)12-21-6-7-25(51)28(13-21)64-67-66-65-62/h5-7,13,18-20,22-24,26-27,29-33,48-54,62H,1,8-12,14-17H2,2-4H3,(H,41,61)(H,42,58)(H,43,55)(H,44,56)(H,45,57)/t18?,19-,20+,22+,23+,24-,26+,27+,29-,30-,31-,32-,33-/m0/s1. The molecule has 3 aliphatic rings. The third kappa shape index (κ3) is 14.6. The third-order valence-corrected chi connectivity index (χ3v) is 11.7. The summed E-state index contributed by atoms with van der Waals surface area (Å²) in [7, 11) is 0. The molecule has 0 spiro atoms. The summed E-state index contributed by atoms with van der Waals surface area (Å²) in [6.07, 6.45) is -11.1. The SMILES string of the molecule is C=CCOC(=O)NCC[C@@H](O)[C@@H]1NC(=O)[C@H]([C@H](O)Cc2ccc(O)c(OSOOO)c2)NC(=O)[C@@H]2C[C@@H](O)CN2C(=O)[C@H]([C@@H](C)O)NC(=O)C(C)C[C@@H](O)CNC(=O)[C@@H]2[C@@H](O)[C@@H](C)CN2C1=O. The van der Waals surface area contributed by atoms with E-state index in [4.69, 9.17) is 14.2 Å². The maximum Gasteiger partial charge on any atom is 0.407 e. The first kappa shape index (κ1) is 54.2. The smallest absolute Gasteiger partial charge is 0.407 e. The van der Waals surface area contributed by atoms with Gasteiger partial charge in [-0.15, -0.1) is 0 Å². The van der Waals surface area contributed by atoms with Crippen LogP contribution < -0.4 is 30.8 Å². The van der Waals surface area contributed by atoms with E-state index in [1.54, 1.807) is 0 Å². The van der Waals surface area contributed by atoms with E-state index in [0.717, 1.165) is 15.9 Å². The number of aromatic hydroxyl groups is 1. The lowest BCUT2D eigenvalue weighted by molar-refractivity contribution is -0.433. The van der Waals surface area contributed by atoms with Crippen molar-refractivity contribution >= 4 is 53.9 Å². The van der Waals surface area contributed by atoms with E-state index in [2.05, 4.69) is 42.5 Å². The van der Waals surface area contributed by atoms with Gasteiger partial charge in [0.05, 0.1) is 36.6 Å². The van der Waals surface area contributed by atoms with Crippen LogP contribution in [-0.4, -0.2) is 192 Å². The van der Waals surface area contributed by atoms with Gasteiger partial charge in [-0.25, -0.2) is 10.1 Å². The molecule has 3 saturated heterocycles. The van der Waals surface area contributed by atoms with Gasteiger partial charge >= 0.3 is 6.09 Å². The molecule has 7 amide bonds. The third-order valence-electron chi connectivity index (χ3n) is 11.4. The zero-order valence-electron chi connectivity index (χ0n) is 36.8. The Hall–Kier alpha value is -5.36. The minimum absolute atomic E-state index is 0.0805. The minimum Gasteiger partial charge on any atom is -0.504 e. The van der Waals surface area contributed by atoms with Crippen molar-refractivity contribution in [3.05, 3.63) is 36.4 Å². The van der Waals surface area contributed by atoms with E-state index in [1.807, 2.05) is 0 Å². The van der Waals surface area contributed by atoms with Crippen LogP contribution in [0.25, 0.3) is 0 Å². The summed E-state index contributed by atoms with van der Waals surface area (Å²) >= 11 is 0.0805. The number of phenols is 1. The first-order chi connectivity index (χ1) is 31.7. The van der Waals surface area contributed by atoms with Crippen LogP contribution in [0.5, 0.6) is 11.5 Å². The van der Waals surface area contributed by atoms with E-state index >= 15 is 0 Å². The highest BCUT2D eigenvalue weighted by Crippen LogP contribution is 2.31. The van der Waals surface area contributed by atoms with Crippen LogP contribution >= 0.6 is 12.3 Å². The monoisotopic (exact) mass is 973 g/mol. The molecule has 27 heteroatoms. The number of nitrogens with zero attached hydrogens (tertiary/aromatic N) is 2. The van der Waals surface area contributed by atoms with Crippen molar-refractivity contribution in [1.29, 1.82) is 0 Å². The summed E-state index contributed by atoms with van der Waals surface area (Å²) in [5, 5.41) is 101. The minimum atomic E-state index is -2.10. The largest absolute Gasteiger partial charge is 0.504 e. The molecule has 3 fully saturated rings. The van der Waals surface area contributed by atoms with Gasteiger partial charge in [0.15, 0.2) is 11.5 Å². The van der Waals surface area contributed by atoms with Gasteiger partial charge in [0.25, 0.3) is 12.3 Å². The molecule has 1 aromatic rings. The molecule has 3 heterocycles. The molecule has 1 aromatic carbocycles. The second-order valence-corrected chi connectivity index (χ2v) is 17.0. The number of phenolic OH excluding ortho intramolecular Hbond substituents is 1. The van der Waals surface area contributed by atoms with Crippen molar-refractivity contribution in [1.82, 2.24) is 36.4 Å². The van der Waals surface area contributed by atoms with Crippen molar-refractivity contribution in [3.8, 4) is 11.5 Å². The number of alkyl carbamates (subject to hydrolysis) is 1. The quantitative estimate of drug-likeness (QED) is 0.0277. The number of benzene rings is 1. The zero-order valence-corrected chi connectivity index (χ0v) is 37.6. The Labute approximate surface area is 388 Å². The van der Waals surface area contributed by atoms with Crippen LogP contribution in [-0.2, 0) is 49.3 Å². The van der Waals surface area contributed by atoms with Gasteiger partial charge in [-0.3, -0.25) is 28.8 Å². The number of nitrogens with one attached hydrogen (secondary N) is 5. The average molecular weight is 974 g/mol. The number of fused-ring (bicyclic) bond motifs is 2. The summed E-state index contributed by atoms with van der Waals surface area (Å²) in [6.45, 7) is 5.73. The summed E-state index contributed by atoms with van der Waals surface area (Å²) in [5.41, 5.74) is 0.133. The van der Waals surface area contributed by atoms with Crippen molar-refractivity contribution in [2.24, 2.45) is 11.8 Å². The molecular weight excluding hydrogens is 915 g/mol. The first-order valence-corrected chi connectivity index (χ1v) is 21.9. The highest BCUT2D eigenvalue weighted by atomic mass is 32.2. The predicted molar refractivity (Wildman–Crippen MR) is 228 cm³/mol. The first-order valence-electron chi connectivity index (χ1n) is 21.2. The van der Waals surface area contributed by atoms with Gasteiger partial charge in [0.2, 0.25) is 35.4 Å². The molecule has 0 aromatic heterocycles. The number of β-amino-alcohol motifs (C(OH)–C–C–N with tert-alkyl or cyclic N) is 1. The maximum absolute atomic E-state index is 14.6. The summed E-state index contributed by atoms with van der Waals surface area (Å²) < 4.78 is 14.1. The van der Waals surface area contributed by atoms with Gasteiger partial charge in [-0.05, 0) is 37.5 Å². The molecule has 0 aliphatic carbocycles. The van der Waals surface area contributed by atoms with Gasteiger partial charge in [-0.2, -0.15) is 0 Å². The van der Waals surface area contributed by atoms with Crippen molar-refractivity contribution in [3.63, 3.8) is 0 Å². The Bertz CT molecular complexity index is 1930. The molecule has 0 bridgehead atoms.